The molecular weight excluding hydrogens is 250 g/mol. The number of anilines is 1. The maximum Gasteiger partial charge on any atom is 0.137 e. The molecule has 1 fully saturated rings. The number of nitrogens with one attached hydrogen (secondary N) is 1. The Bertz CT molecular complexity index is 411. The van der Waals surface area contributed by atoms with E-state index in [2.05, 4.69) is 36.1 Å². The minimum Gasteiger partial charge on any atom is -0.381 e. The number of nitrogens with zero attached hydrogens (tertiary/aromatic N) is 2. The van der Waals surface area contributed by atoms with Crippen molar-refractivity contribution in [1.29, 1.82) is 0 Å². The fraction of sp³-hybridized carbons (Fsp3) is 0.692. The van der Waals surface area contributed by atoms with Gasteiger partial charge in [0.25, 0.3) is 0 Å². The van der Waals surface area contributed by atoms with Gasteiger partial charge >= 0.3 is 0 Å². The third kappa shape index (κ3) is 3.56. The van der Waals surface area contributed by atoms with Gasteiger partial charge in [0.15, 0.2) is 0 Å². The van der Waals surface area contributed by atoms with Crippen molar-refractivity contribution in [2.45, 2.75) is 32.6 Å². The second-order valence-corrected chi connectivity index (χ2v) is 6.15. The molecule has 1 aliphatic rings. The summed E-state index contributed by atoms with van der Waals surface area (Å²) in [6.45, 7) is 8.80. The molecule has 0 spiro atoms. The molecule has 0 amide bonds. The minimum atomic E-state index is -0.0994. The van der Waals surface area contributed by atoms with Crippen LogP contribution in [0.1, 0.15) is 33.0 Å². The second-order valence-electron chi connectivity index (χ2n) is 5.76. The van der Waals surface area contributed by atoms with Crippen molar-refractivity contribution >= 4 is 17.4 Å². The third-order valence-corrected chi connectivity index (χ3v) is 3.16. The molecular formula is C13H20ClN3O. The molecule has 2 heterocycles. The maximum atomic E-state index is 6.04. The van der Waals surface area contributed by atoms with Crippen LogP contribution < -0.4 is 5.32 Å². The van der Waals surface area contributed by atoms with Crippen LogP contribution in [0.5, 0.6) is 0 Å². The van der Waals surface area contributed by atoms with Gasteiger partial charge in [0.2, 0.25) is 0 Å². The molecule has 1 saturated heterocycles. The number of halogens is 1. The van der Waals surface area contributed by atoms with Crippen LogP contribution in [0, 0.1) is 5.92 Å². The Balaban J connectivity index is 2.05. The monoisotopic (exact) mass is 269 g/mol. The lowest BCUT2D eigenvalue weighted by molar-refractivity contribution is 0.187. The molecule has 2 rings (SSSR count). The quantitative estimate of drug-likeness (QED) is 0.857. The summed E-state index contributed by atoms with van der Waals surface area (Å²) in [6, 6.07) is 1.77. The van der Waals surface area contributed by atoms with Gasteiger partial charge in [-0.3, -0.25) is 0 Å². The first-order chi connectivity index (χ1) is 8.45. The fourth-order valence-electron chi connectivity index (χ4n) is 1.84. The molecule has 1 aromatic heterocycles. The summed E-state index contributed by atoms with van der Waals surface area (Å²) < 4.78 is 5.35. The number of hydrogen-bond acceptors (Lipinski definition) is 4. The van der Waals surface area contributed by atoms with Gasteiger partial charge < -0.3 is 10.1 Å². The SMILES string of the molecule is CC(C)(C)c1nc(Cl)cc(NCC2CCOC2)n1. The Morgan fingerprint density at radius 1 is 1.44 bits per heavy atom. The van der Waals surface area contributed by atoms with Crippen LogP contribution in [0.25, 0.3) is 0 Å². The van der Waals surface area contributed by atoms with E-state index in [9.17, 15) is 0 Å². The van der Waals surface area contributed by atoms with Crippen LogP contribution >= 0.6 is 11.6 Å². The van der Waals surface area contributed by atoms with E-state index in [4.69, 9.17) is 16.3 Å². The van der Waals surface area contributed by atoms with E-state index >= 15 is 0 Å². The molecule has 0 radical (unpaired) electrons. The maximum absolute atomic E-state index is 6.04. The zero-order chi connectivity index (χ0) is 13.2. The lowest BCUT2D eigenvalue weighted by atomic mass is 9.96. The van der Waals surface area contributed by atoms with Crippen molar-refractivity contribution in [3.8, 4) is 0 Å². The molecule has 0 aromatic carbocycles. The average Bonchev–Trinajstić information content (AvgIpc) is 2.77. The van der Waals surface area contributed by atoms with Crippen LogP contribution in [-0.4, -0.2) is 29.7 Å². The van der Waals surface area contributed by atoms with Gasteiger partial charge in [-0.25, -0.2) is 9.97 Å². The Kier molecular flexibility index (Phi) is 4.07. The third-order valence-electron chi connectivity index (χ3n) is 2.96. The van der Waals surface area contributed by atoms with Gasteiger partial charge in [0.05, 0.1) is 6.61 Å². The first-order valence-electron chi connectivity index (χ1n) is 6.32. The standard InChI is InChI=1S/C13H20ClN3O/c1-13(2,3)12-16-10(14)6-11(17-12)15-7-9-4-5-18-8-9/h6,9H,4-5,7-8H2,1-3H3,(H,15,16,17). The molecule has 0 saturated carbocycles. The van der Waals surface area contributed by atoms with Gasteiger partial charge in [0, 0.05) is 30.6 Å². The molecule has 1 unspecified atom stereocenters. The van der Waals surface area contributed by atoms with Gasteiger partial charge in [-0.1, -0.05) is 32.4 Å². The predicted octanol–water partition coefficient (Wildman–Crippen LogP) is 2.88. The molecule has 4 nitrogen and oxygen atoms in total. The predicted molar refractivity (Wildman–Crippen MR) is 73.2 cm³/mol. The first-order valence-corrected chi connectivity index (χ1v) is 6.69. The van der Waals surface area contributed by atoms with Gasteiger partial charge in [0.1, 0.15) is 16.8 Å². The summed E-state index contributed by atoms with van der Waals surface area (Å²) in [5.41, 5.74) is -0.0994. The van der Waals surface area contributed by atoms with Crippen LogP contribution in [0.3, 0.4) is 0 Å². The average molecular weight is 270 g/mol. The summed E-state index contributed by atoms with van der Waals surface area (Å²) in [5.74, 6) is 2.13. The van der Waals surface area contributed by atoms with Crippen molar-refractivity contribution in [3.63, 3.8) is 0 Å². The highest BCUT2D eigenvalue weighted by molar-refractivity contribution is 6.29. The fourth-order valence-corrected chi connectivity index (χ4v) is 2.02. The highest BCUT2D eigenvalue weighted by Gasteiger charge is 2.20. The Hall–Kier alpha value is -0.870. The van der Waals surface area contributed by atoms with E-state index in [0.29, 0.717) is 11.1 Å². The van der Waals surface area contributed by atoms with E-state index in [0.717, 1.165) is 37.8 Å². The van der Waals surface area contributed by atoms with Crippen molar-refractivity contribution in [2.75, 3.05) is 25.1 Å². The summed E-state index contributed by atoms with van der Waals surface area (Å²) in [5, 5.41) is 3.81. The van der Waals surface area contributed by atoms with E-state index in [1.807, 2.05) is 0 Å². The van der Waals surface area contributed by atoms with E-state index < -0.39 is 0 Å². The van der Waals surface area contributed by atoms with Crippen LogP contribution in [-0.2, 0) is 10.2 Å². The minimum absolute atomic E-state index is 0.0994. The molecule has 18 heavy (non-hydrogen) atoms. The highest BCUT2D eigenvalue weighted by atomic mass is 35.5. The topological polar surface area (TPSA) is 47.0 Å². The van der Waals surface area contributed by atoms with Crippen LogP contribution in [0.15, 0.2) is 6.07 Å². The van der Waals surface area contributed by atoms with E-state index in [-0.39, 0.29) is 5.41 Å². The molecule has 1 N–H and O–H groups in total. The summed E-state index contributed by atoms with van der Waals surface area (Å²) in [6.07, 6.45) is 1.11. The molecule has 0 bridgehead atoms. The zero-order valence-electron chi connectivity index (χ0n) is 11.2. The highest BCUT2D eigenvalue weighted by Crippen LogP contribution is 2.22. The molecule has 1 aliphatic heterocycles. The smallest absolute Gasteiger partial charge is 0.137 e. The Morgan fingerprint density at radius 3 is 2.83 bits per heavy atom. The zero-order valence-corrected chi connectivity index (χ0v) is 11.9. The first kappa shape index (κ1) is 13.6. The summed E-state index contributed by atoms with van der Waals surface area (Å²) >= 11 is 6.04. The number of hydrogen-bond donors (Lipinski definition) is 1. The van der Waals surface area contributed by atoms with E-state index in [1.54, 1.807) is 6.07 Å². The lowest BCUT2D eigenvalue weighted by Crippen LogP contribution is -2.19. The summed E-state index contributed by atoms with van der Waals surface area (Å²) in [4.78, 5) is 8.79. The van der Waals surface area contributed by atoms with Crippen molar-refractivity contribution in [3.05, 3.63) is 17.0 Å². The van der Waals surface area contributed by atoms with Gasteiger partial charge in [-0.15, -0.1) is 0 Å². The van der Waals surface area contributed by atoms with Gasteiger partial charge in [-0.2, -0.15) is 0 Å². The second kappa shape index (κ2) is 5.41. The lowest BCUT2D eigenvalue weighted by Gasteiger charge is -2.18. The largest absolute Gasteiger partial charge is 0.381 e. The van der Waals surface area contributed by atoms with Crippen molar-refractivity contribution < 1.29 is 4.74 Å². The van der Waals surface area contributed by atoms with Gasteiger partial charge in [-0.05, 0) is 6.42 Å². The normalized spacial score (nSPS) is 20.1. The Labute approximate surface area is 113 Å². The molecule has 1 aromatic rings. The molecule has 5 heteroatoms. The van der Waals surface area contributed by atoms with Crippen LogP contribution in [0.2, 0.25) is 5.15 Å². The molecule has 1 atom stereocenters. The number of aromatic nitrogens is 2. The van der Waals surface area contributed by atoms with Crippen molar-refractivity contribution in [2.24, 2.45) is 5.92 Å². The van der Waals surface area contributed by atoms with E-state index in [1.165, 1.54) is 0 Å². The molecule has 100 valence electrons. The van der Waals surface area contributed by atoms with Crippen LogP contribution in [0.4, 0.5) is 5.82 Å². The summed E-state index contributed by atoms with van der Waals surface area (Å²) in [7, 11) is 0. The number of ether oxygens (including phenoxy) is 1. The van der Waals surface area contributed by atoms with Crippen molar-refractivity contribution in [1.82, 2.24) is 9.97 Å². The number of rotatable bonds is 3. The molecule has 0 aliphatic carbocycles. The Morgan fingerprint density at radius 2 is 2.22 bits per heavy atom.